The van der Waals surface area contributed by atoms with Crippen LogP contribution in [0.1, 0.15) is 406 Å². The molecule has 0 heterocycles. The molecule has 3 N–H and O–H groups in total. The summed E-state index contributed by atoms with van der Waals surface area (Å²) in [6.07, 6.45) is 86.8. The Labute approximate surface area is 494 Å². The molecule has 0 aliphatic heterocycles. The van der Waals surface area contributed by atoms with Crippen LogP contribution >= 0.6 is 0 Å². The molecule has 2 atom stereocenters. The van der Waals surface area contributed by atoms with Crippen molar-refractivity contribution in [1.29, 1.82) is 0 Å². The molecule has 0 bridgehead atoms. The summed E-state index contributed by atoms with van der Waals surface area (Å²) >= 11 is 0. The first kappa shape index (κ1) is 77.3. The van der Waals surface area contributed by atoms with E-state index in [0.717, 1.165) is 38.5 Å². The van der Waals surface area contributed by atoms with Gasteiger partial charge < -0.3 is 20.3 Å². The molecule has 6 heteroatoms. The molecule has 6 nitrogen and oxygen atoms in total. The second kappa shape index (κ2) is 68.8. The molecule has 0 aliphatic carbocycles. The van der Waals surface area contributed by atoms with Gasteiger partial charge in [0.1, 0.15) is 0 Å². The van der Waals surface area contributed by atoms with Gasteiger partial charge in [0.2, 0.25) is 5.91 Å². The Balaban J connectivity index is 3.31. The fourth-order valence-electron chi connectivity index (χ4n) is 11.5. The Morgan fingerprint density at radius 2 is 0.595 bits per heavy atom. The standard InChI is InChI=1S/C73H141NO5/c1-3-5-7-9-11-13-15-16-17-18-34-38-41-44-47-51-55-59-63-67-73(78)79-68-64-60-56-52-48-45-42-39-36-33-31-29-27-25-23-21-19-20-22-24-26-28-30-32-35-37-40-43-46-50-54-58-62-66-72(77)74-70(69-75)71(76)65-61-57-53-49-14-12-10-8-6-4-2/h16-17,23,25,70-71,75-76H,3-15,18-22,24,26-69H2,1-2H3,(H,74,77)/b17-16-,25-23-. The molecular formula is C73H141NO5. The number of hydrogen-bond donors (Lipinski definition) is 3. The van der Waals surface area contributed by atoms with E-state index in [1.54, 1.807) is 0 Å². The lowest BCUT2D eigenvalue weighted by Crippen LogP contribution is -2.45. The summed E-state index contributed by atoms with van der Waals surface area (Å²) in [6.45, 7) is 4.97. The van der Waals surface area contributed by atoms with Gasteiger partial charge in [-0.2, -0.15) is 0 Å². The predicted octanol–water partition coefficient (Wildman–Crippen LogP) is 23.3. The molecule has 0 aromatic rings. The zero-order valence-electron chi connectivity index (χ0n) is 53.6. The molecule has 468 valence electrons. The molecule has 0 radical (unpaired) electrons. The minimum atomic E-state index is -0.660. The van der Waals surface area contributed by atoms with Gasteiger partial charge in [-0.05, 0) is 77.0 Å². The van der Waals surface area contributed by atoms with Crippen molar-refractivity contribution in [3.05, 3.63) is 24.3 Å². The van der Waals surface area contributed by atoms with E-state index in [2.05, 4.69) is 43.5 Å². The number of rotatable bonds is 68. The predicted molar refractivity (Wildman–Crippen MR) is 347 cm³/mol. The number of nitrogens with one attached hydrogen (secondary N) is 1. The number of aliphatic hydroxyl groups is 2. The summed E-state index contributed by atoms with van der Waals surface area (Å²) < 4.78 is 5.51. The maximum absolute atomic E-state index is 12.4. The summed E-state index contributed by atoms with van der Waals surface area (Å²) in [4.78, 5) is 24.6. The molecule has 0 saturated heterocycles. The van der Waals surface area contributed by atoms with Gasteiger partial charge in [-0.25, -0.2) is 0 Å². The number of hydrogen-bond acceptors (Lipinski definition) is 5. The van der Waals surface area contributed by atoms with E-state index >= 15 is 0 Å². The van der Waals surface area contributed by atoms with Crippen LogP contribution in [0.25, 0.3) is 0 Å². The average molecular weight is 1110 g/mol. The number of aliphatic hydroxyl groups excluding tert-OH is 2. The third-order valence-corrected chi connectivity index (χ3v) is 17.0. The minimum absolute atomic E-state index is 0.0189. The number of carbonyl (C=O) groups excluding carboxylic acids is 2. The molecule has 0 fully saturated rings. The van der Waals surface area contributed by atoms with Gasteiger partial charge in [-0.15, -0.1) is 0 Å². The normalized spacial score (nSPS) is 12.6. The van der Waals surface area contributed by atoms with Gasteiger partial charge >= 0.3 is 5.97 Å². The van der Waals surface area contributed by atoms with E-state index in [4.69, 9.17) is 4.74 Å². The second-order valence-electron chi connectivity index (χ2n) is 24.9. The summed E-state index contributed by atoms with van der Waals surface area (Å²) in [5, 5.41) is 23.2. The zero-order chi connectivity index (χ0) is 57.1. The lowest BCUT2D eigenvalue weighted by atomic mass is 10.0. The summed E-state index contributed by atoms with van der Waals surface area (Å²) in [5.74, 6) is -0.0127. The highest BCUT2D eigenvalue weighted by molar-refractivity contribution is 5.76. The summed E-state index contributed by atoms with van der Waals surface area (Å²) in [5.41, 5.74) is 0. The highest BCUT2D eigenvalue weighted by Gasteiger charge is 2.20. The van der Waals surface area contributed by atoms with Crippen molar-refractivity contribution in [2.75, 3.05) is 13.2 Å². The number of unbranched alkanes of at least 4 members (excludes halogenated alkanes) is 53. The van der Waals surface area contributed by atoms with Crippen LogP contribution in [0.5, 0.6) is 0 Å². The van der Waals surface area contributed by atoms with Crippen molar-refractivity contribution in [3.8, 4) is 0 Å². The third kappa shape index (κ3) is 65.4. The van der Waals surface area contributed by atoms with E-state index in [1.807, 2.05) is 0 Å². The Kier molecular flexibility index (Phi) is 67.4. The van der Waals surface area contributed by atoms with Crippen molar-refractivity contribution in [1.82, 2.24) is 5.32 Å². The van der Waals surface area contributed by atoms with Crippen LogP contribution in [0.3, 0.4) is 0 Å². The lowest BCUT2D eigenvalue weighted by Gasteiger charge is -2.22. The molecule has 0 aromatic carbocycles. The highest BCUT2D eigenvalue weighted by atomic mass is 16.5. The van der Waals surface area contributed by atoms with Crippen LogP contribution in [0.15, 0.2) is 24.3 Å². The van der Waals surface area contributed by atoms with Crippen LogP contribution < -0.4 is 5.32 Å². The maximum atomic E-state index is 12.4. The van der Waals surface area contributed by atoms with Crippen molar-refractivity contribution in [3.63, 3.8) is 0 Å². The molecule has 0 saturated carbocycles. The molecule has 1 amide bonds. The third-order valence-electron chi connectivity index (χ3n) is 17.0. The quantitative estimate of drug-likeness (QED) is 0.0320. The van der Waals surface area contributed by atoms with Crippen LogP contribution in [0, 0.1) is 0 Å². The zero-order valence-corrected chi connectivity index (χ0v) is 53.6. The Morgan fingerprint density at radius 1 is 0.342 bits per heavy atom. The highest BCUT2D eigenvalue weighted by Crippen LogP contribution is 2.19. The number of ether oxygens (including phenoxy) is 1. The lowest BCUT2D eigenvalue weighted by molar-refractivity contribution is -0.143. The monoisotopic (exact) mass is 1110 g/mol. The summed E-state index contributed by atoms with van der Waals surface area (Å²) in [7, 11) is 0. The number of amides is 1. The van der Waals surface area contributed by atoms with Crippen LogP contribution in [0.2, 0.25) is 0 Å². The number of carbonyl (C=O) groups is 2. The van der Waals surface area contributed by atoms with Crippen molar-refractivity contribution in [2.45, 2.75) is 418 Å². The van der Waals surface area contributed by atoms with E-state index in [0.29, 0.717) is 25.9 Å². The largest absolute Gasteiger partial charge is 0.466 e. The molecule has 0 spiro atoms. The molecule has 2 unspecified atom stereocenters. The Hall–Kier alpha value is -1.66. The number of allylic oxidation sites excluding steroid dienone is 4. The Morgan fingerprint density at radius 3 is 0.899 bits per heavy atom. The molecule has 0 aliphatic rings. The van der Waals surface area contributed by atoms with Crippen LogP contribution in [-0.4, -0.2) is 47.4 Å². The number of esters is 1. The van der Waals surface area contributed by atoms with E-state index < -0.39 is 12.1 Å². The van der Waals surface area contributed by atoms with Crippen molar-refractivity contribution in [2.24, 2.45) is 0 Å². The fourth-order valence-corrected chi connectivity index (χ4v) is 11.5. The molecule has 0 aromatic heterocycles. The smallest absolute Gasteiger partial charge is 0.305 e. The van der Waals surface area contributed by atoms with Crippen molar-refractivity contribution < 1.29 is 24.5 Å². The topological polar surface area (TPSA) is 95.9 Å². The van der Waals surface area contributed by atoms with Crippen molar-refractivity contribution >= 4 is 11.9 Å². The van der Waals surface area contributed by atoms with Gasteiger partial charge in [0.25, 0.3) is 0 Å². The molecule has 0 rings (SSSR count). The minimum Gasteiger partial charge on any atom is -0.466 e. The molecular weight excluding hydrogens is 971 g/mol. The van der Waals surface area contributed by atoms with E-state index in [1.165, 1.54) is 334 Å². The first-order valence-electron chi connectivity index (χ1n) is 36.1. The van der Waals surface area contributed by atoms with Gasteiger partial charge in [-0.1, -0.05) is 340 Å². The maximum Gasteiger partial charge on any atom is 0.305 e. The van der Waals surface area contributed by atoms with Gasteiger partial charge in [-0.3, -0.25) is 9.59 Å². The van der Waals surface area contributed by atoms with Crippen LogP contribution in [0.4, 0.5) is 0 Å². The molecule has 79 heavy (non-hydrogen) atoms. The summed E-state index contributed by atoms with van der Waals surface area (Å²) in [6, 6.07) is -0.537. The van der Waals surface area contributed by atoms with Crippen LogP contribution in [-0.2, 0) is 14.3 Å². The van der Waals surface area contributed by atoms with Gasteiger partial charge in [0.05, 0.1) is 25.4 Å². The first-order chi connectivity index (χ1) is 39.0. The van der Waals surface area contributed by atoms with Gasteiger partial charge in [0, 0.05) is 12.8 Å². The SMILES string of the molecule is CCCCCCCC/C=C\CCCCCCCCCCCC(=O)OCCCCCCCCCCCCCC/C=C\CCCCCCCCCCCCCCCCCCCC(=O)NC(CO)C(O)CCCCCCCCCCCC. The van der Waals surface area contributed by atoms with E-state index in [-0.39, 0.29) is 18.5 Å². The average Bonchev–Trinajstić information content (AvgIpc) is 3.45. The van der Waals surface area contributed by atoms with Gasteiger partial charge in [0.15, 0.2) is 0 Å². The first-order valence-corrected chi connectivity index (χ1v) is 36.1. The second-order valence-corrected chi connectivity index (χ2v) is 24.9. The fraction of sp³-hybridized carbons (Fsp3) is 0.918. The van der Waals surface area contributed by atoms with E-state index in [9.17, 15) is 19.8 Å². The Bertz CT molecular complexity index is 1230.